The molecule has 0 spiro atoms. The van der Waals surface area contributed by atoms with Gasteiger partial charge in [0.05, 0.1) is 21.3 Å². The fourth-order valence-electron chi connectivity index (χ4n) is 9.22. The Bertz CT molecular complexity index is 3400. The van der Waals surface area contributed by atoms with Crippen LogP contribution in [0.15, 0.2) is 193 Å². The van der Waals surface area contributed by atoms with Gasteiger partial charge in [0.15, 0.2) is 5.58 Å². The molecular formula is C52H34N2OS. The molecule has 1 atom stereocenters. The van der Waals surface area contributed by atoms with Gasteiger partial charge in [-0.2, -0.15) is 0 Å². The Morgan fingerprint density at radius 2 is 1.32 bits per heavy atom. The molecule has 0 bridgehead atoms. The zero-order valence-corrected chi connectivity index (χ0v) is 31.2. The summed E-state index contributed by atoms with van der Waals surface area (Å²) in [5.41, 5.74) is 12.6. The fraction of sp³-hybridized carbons (Fsp3) is 0.0385. The van der Waals surface area contributed by atoms with Crippen LogP contribution in [0.3, 0.4) is 0 Å². The van der Waals surface area contributed by atoms with Gasteiger partial charge in [-0.1, -0.05) is 133 Å². The van der Waals surface area contributed by atoms with Crippen molar-refractivity contribution in [2.24, 2.45) is 5.92 Å². The maximum absolute atomic E-state index is 6.75. The number of anilines is 2. The molecule has 0 amide bonds. The second-order valence-electron chi connectivity index (χ2n) is 14.8. The number of fused-ring (bicyclic) bond motifs is 10. The summed E-state index contributed by atoms with van der Waals surface area (Å²) in [7, 11) is 0. The summed E-state index contributed by atoms with van der Waals surface area (Å²) in [5, 5.41) is 7.46. The van der Waals surface area contributed by atoms with Crippen molar-refractivity contribution in [3.05, 3.63) is 198 Å². The first-order valence-electron chi connectivity index (χ1n) is 19.3. The van der Waals surface area contributed by atoms with Crippen LogP contribution in [0.4, 0.5) is 11.4 Å². The second kappa shape index (κ2) is 12.3. The Hall–Kier alpha value is -6.88. The summed E-state index contributed by atoms with van der Waals surface area (Å²) in [6, 6.07) is 59.3. The normalized spacial score (nSPS) is 15.0. The largest absolute Gasteiger partial charge is 0.454 e. The standard InChI is InChI=1S/C52H34N2OS/c1-2-14-36(15-3-1)53-44-21-9-6-17-39(44)40-30-27-34(31-46(40)53)33-25-28-37(29-26-33)54(45-22-12-20-42-41-18-7-10-23-48(41)55-51(42)45)47-32-35-13-4-5-16-38(35)50-43-19-8-11-24-49(43)56-52(47)50/h1-31,35H,32H2. The number of para-hydroxylation sites is 4. The molecule has 56 heavy (non-hydrogen) atoms. The first kappa shape index (κ1) is 31.5. The summed E-state index contributed by atoms with van der Waals surface area (Å²) in [4.78, 5) is 2.49. The Morgan fingerprint density at radius 3 is 2.21 bits per heavy atom. The molecule has 10 aromatic rings. The smallest absolute Gasteiger partial charge is 0.159 e. The lowest BCUT2D eigenvalue weighted by molar-refractivity contribution is 0.669. The number of hydrogen-bond donors (Lipinski definition) is 0. The quantitative estimate of drug-likeness (QED) is 0.176. The van der Waals surface area contributed by atoms with Gasteiger partial charge < -0.3 is 13.9 Å². The van der Waals surface area contributed by atoms with Gasteiger partial charge >= 0.3 is 0 Å². The molecule has 3 heterocycles. The number of thiophene rings is 1. The van der Waals surface area contributed by atoms with Crippen molar-refractivity contribution < 1.29 is 4.42 Å². The summed E-state index contributed by atoms with van der Waals surface area (Å²) in [6.07, 6.45) is 9.98. The molecule has 1 unspecified atom stereocenters. The fourth-order valence-corrected chi connectivity index (χ4v) is 10.5. The zero-order chi connectivity index (χ0) is 36.7. The molecule has 4 heteroatoms. The minimum absolute atomic E-state index is 0.278. The topological polar surface area (TPSA) is 21.3 Å². The Morgan fingerprint density at radius 1 is 0.589 bits per heavy atom. The van der Waals surface area contributed by atoms with Crippen LogP contribution in [0.1, 0.15) is 6.42 Å². The molecule has 0 saturated carbocycles. The van der Waals surface area contributed by atoms with Gasteiger partial charge in [0.25, 0.3) is 0 Å². The highest BCUT2D eigenvalue weighted by molar-refractivity contribution is 7.17. The van der Waals surface area contributed by atoms with E-state index < -0.39 is 0 Å². The van der Waals surface area contributed by atoms with Crippen molar-refractivity contribution in [3.8, 4) is 16.8 Å². The van der Waals surface area contributed by atoms with Gasteiger partial charge in [-0.15, -0.1) is 11.3 Å². The first-order chi connectivity index (χ1) is 27.8. The number of hydrogen-bond acceptors (Lipinski definition) is 3. The van der Waals surface area contributed by atoms with Crippen LogP contribution in [-0.4, -0.2) is 4.57 Å². The maximum atomic E-state index is 6.75. The van der Waals surface area contributed by atoms with Gasteiger partial charge in [0, 0.05) is 59.8 Å². The number of aromatic nitrogens is 1. The number of benzene rings is 7. The molecule has 0 fully saturated rings. The van der Waals surface area contributed by atoms with Gasteiger partial charge in [-0.3, -0.25) is 0 Å². The molecule has 3 aromatic heterocycles. The molecule has 2 aliphatic rings. The van der Waals surface area contributed by atoms with Crippen LogP contribution in [0, 0.1) is 5.92 Å². The van der Waals surface area contributed by atoms with Crippen LogP contribution in [0.5, 0.6) is 0 Å². The lowest BCUT2D eigenvalue weighted by Crippen LogP contribution is -2.37. The lowest BCUT2D eigenvalue weighted by Gasteiger charge is -2.32. The van der Waals surface area contributed by atoms with E-state index in [1.165, 1.54) is 64.0 Å². The van der Waals surface area contributed by atoms with E-state index in [-0.39, 0.29) is 5.92 Å². The van der Waals surface area contributed by atoms with E-state index in [4.69, 9.17) is 4.42 Å². The van der Waals surface area contributed by atoms with Gasteiger partial charge in [0.2, 0.25) is 0 Å². The predicted molar refractivity (Wildman–Crippen MR) is 236 cm³/mol. The molecule has 3 nitrogen and oxygen atoms in total. The third-order valence-corrected chi connectivity index (χ3v) is 13.0. The Labute approximate surface area is 327 Å². The van der Waals surface area contributed by atoms with E-state index in [0.717, 1.165) is 45.4 Å². The van der Waals surface area contributed by atoms with Crippen LogP contribution >= 0.6 is 11.3 Å². The van der Waals surface area contributed by atoms with Gasteiger partial charge in [-0.05, 0) is 77.7 Å². The van der Waals surface area contributed by atoms with Crippen LogP contribution in [0.25, 0.3) is 81.9 Å². The van der Waals surface area contributed by atoms with E-state index in [2.05, 4.69) is 198 Å². The molecule has 2 aliphatic carbocycles. The molecular weight excluding hydrogens is 701 g/mol. The van der Waals surface area contributed by atoms with E-state index >= 15 is 0 Å². The van der Waals surface area contributed by atoms with Crippen molar-refractivity contribution in [3.63, 3.8) is 0 Å². The predicted octanol–water partition coefficient (Wildman–Crippen LogP) is 12.8. The van der Waals surface area contributed by atoms with Crippen molar-refractivity contribution in [2.45, 2.75) is 6.42 Å². The van der Waals surface area contributed by atoms with Crippen molar-refractivity contribution in [1.82, 2.24) is 4.57 Å². The molecule has 0 N–H and O–H groups in total. The van der Waals surface area contributed by atoms with Crippen molar-refractivity contribution >= 4 is 87.8 Å². The second-order valence-corrected chi connectivity index (χ2v) is 15.9. The first-order valence-corrected chi connectivity index (χ1v) is 20.1. The molecule has 0 radical (unpaired) electrons. The number of rotatable bonds is 5. The average molecular weight is 735 g/mol. The monoisotopic (exact) mass is 734 g/mol. The van der Waals surface area contributed by atoms with E-state index in [1.807, 2.05) is 11.3 Å². The van der Waals surface area contributed by atoms with Crippen molar-refractivity contribution in [2.75, 3.05) is 4.90 Å². The summed E-state index contributed by atoms with van der Waals surface area (Å²) >= 11 is 1.90. The van der Waals surface area contributed by atoms with Crippen LogP contribution in [0.2, 0.25) is 0 Å². The number of allylic oxidation sites excluding steroid dienone is 4. The third kappa shape index (κ3) is 4.69. The third-order valence-electron chi connectivity index (χ3n) is 11.7. The molecule has 264 valence electrons. The number of nitrogens with zero attached hydrogens (tertiary/aromatic N) is 2. The van der Waals surface area contributed by atoms with Crippen molar-refractivity contribution in [1.29, 1.82) is 0 Å². The highest BCUT2D eigenvalue weighted by Gasteiger charge is 2.29. The van der Waals surface area contributed by atoms with E-state index in [0.29, 0.717) is 0 Å². The Balaban J connectivity index is 1.08. The highest BCUT2D eigenvalue weighted by Crippen LogP contribution is 2.44. The SMILES string of the molecule is C1=CC2=c3c(sc4ccccc34)=C(N(c3ccc(-c4ccc5c6ccccc6n(-c6ccccc6)c5c4)cc3)c3cccc4c3oc3ccccc34)CC2C=C1. The van der Waals surface area contributed by atoms with Gasteiger partial charge in [0.1, 0.15) is 5.58 Å². The lowest BCUT2D eigenvalue weighted by atomic mass is 9.85. The number of furan rings is 1. The molecule has 0 saturated heterocycles. The zero-order valence-electron chi connectivity index (χ0n) is 30.4. The average Bonchev–Trinajstić information content (AvgIpc) is 3.95. The van der Waals surface area contributed by atoms with E-state index in [9.17, 15) is 0 Å². The van der Waals surface area contributed by atoms with Crippen LogP contribution in [-0.2, 0) is 0 Å². The molecule has 0 aliphatic heterocycles. The maximum Gasteiger partial charge on any atom is 0.159 e. The summed E-state index contributed by atoms with van der Waals surface area (Å²) < 4.78 is 11.8. The Kier molecular flexibility index (Phi) is 6.92. The minimum atomic E-state index is 0.278. The molecule has 7 aromatic carbocycles. The van der Waals surface area contributed by atoms with Gasteiger partial charge in [-0.25, -0.2) is 0 Å². The summed E-state index contributed by atoms with van der Waals surface area (Å²) in [5.74, 6) is 0.278. The summed E-state index contributed by atoms with van der Waals surface area (Å²) in [6.45, 7) is 0. The highest BCUT2D eigenvalue weighted by atomic mass is 32.1. The molecule has 12 rings (SSSR count). The van der Waals surface area contributed by atoms with E-state index in [1.54, 1.807) is 0 Å². The minimum Gasteiger partial charge on any atom is -0.454 e. The van der Waals surface area contributed by atoms with Crippen LogP contribution < -0.4 is 14.7 Å².